The van der Waals surface area contributed by atoms with Crippen LogP contribution in [0.25, 0.3) is 0 Å². The summed E-state index contributed by atoms with van der Waals surface area (Å²) >= 11 is 0. The highest BCUT2D eigenvalue weighted by atomic mass is 14.4. The summed E-state index contributed by atoms with van der Waals surface area (Å²) in [6.07, 6.45) is 10.3. The molecule has 0 saturated carbocycles. The largest absolute Gasteiger partial charge is 0.0853 e. The van der Waals surface area contributed by atoms with Crippen molar-refractivity contribution in [1.82, 2.24) is 0 Å². The van der Waals surface area contributed by atoms with Gasteiger partial charge in [0.05, 0.1) is 0 Å². The molecular formula is C15H24. The van der Waals surface area contributed by atoms with Crippen molar-refractivity contribution in [3.05, 3.63) is 23.3 Å². The predicted octanol–water partition coefficient (Wildman–Crippen LogP) is 4.73. The van der Waals surface area contributed by atoms with Gasteiger partial charge < -0.3 is 0 Å². The summed E-state index contributed by atoms with van der Waals surface area (Å²) in [5, 5.41) is 0. The first-order valence-corrected chi connectivity index (χ1v) is 6.38. The summed E-state index contributed by atoms with van der Waals surface area (Å²) < 4.78 is 0. The molecule has 0 radical (unpaired) electrons. The van der Waals surface area contributed by atoms with Crippen LogP contribution in [-0.4, -0.2) is 0 Å². The second-order valence-electron chi connectivity index (χ2n) is 6.04. The van der Waals surface area contributed by atoms with E-state index in [0.717, 1.165) is 11.8 Å². The molecule has 2 atom stereocenters. The van der Waals surface area contributed by atoms with E-state index in [-0.39, 0.29) is 0 Å². The van der Waals surface area contributed by atoms with E-state index in [1.165, 1.54) is 25.7 Å². The Morgan fingerprint density at radius 3 is 2.73 bits per heavy atom. The van der Waals surface area contributed by atoms with Crippen LogP contribution in [0.2, 0.25) is 0 Å². The van der Waals surface area contributed by atoms with Crippen molar-refractivity contribution in [2.45, 2.75) is 53.4 Å². The van der Waals surface area contributed by atoms with Crippen LogP contribution in [-0.2, 0) is 0 Å². The fourth-order valence-corrected chi connectivity index (χ4v) is 3.30. The minimum absolute atomic E-state index is 0.567. The fourth-order valence-electron chi connectivity index (χ4n) is 3.30. The molecule has 84 valence electrons. The summed E-state index contributed by atoms with van der Waals surface area (Å²) in [6, 6.07) is 0. The smallest absolute Gasteiger partial charge is 0.0112 e. The topological polar surface area (TPSA) is 0 Å². The standard InChI is InChI=1S/C15H24/c1-11(2)13-7-9-15(4)8-5-6-12(3)14(15)10-13/h6-7,11,14H,5,8-10H2,1-4H3/t14-,15+/m0/s1. The maximum atomic E-state index is 2.53. The summed E-state index contributed by atoms with van der Waals surface area (Å²) in [7, 11) is 0. The van der Waals surface area contributed by atoms with Gasteiger partial charge in [0.25, 0.3) is 0 Å². The molecule has 2 rings (SSSR count). The van der Waals surface area contributed by atoms with Crippen LogP contribution < -0.4 is 0 Å². The highest BCUT2D eigenvalue weighted by molar-refractivity contribution is 5.23. The number of rotatable bonds is 1. The molecule has 15 heavy (non-hydrogen) atoms. The lowest BCUT2D eigenvalue weighted by Gasteiger charge is -2.45. The zero-order valence-electron chi connectivity index (χ0n) is 10.6. The van der Waals surface area contributed by atoms with E-state index < -0.39 is 0 Å². The molecule has 0 aromatic rings. The molecule has 0 bridgehead atoms. The number of allylic oxidation sites excluding steroid dienone is 4. The predicted molar refractivity (Wildman–Crippen MR) is 66.7 cm³/mol. The third-order valence-corrected chi connectivity index (χ3v) is 4.58. The number of hydrogen-bond acceptors (Lipinski definition) is 0. The Balaban J connectivity index is 2.25. The first-order chi connectivity index (χ1) is 7.03. The van der Waals surface area contributed by atoms with Crippen molar-refractivity contribution in [2.75, 3.05) is 0 Å². The minimum Gasteiger partial charge on any atom is -0.0853 e. The Hall–Kier alpha value is -0.520. The molecule has 0 saturated heterocycles. The van der Waals surface area contributed by atoms with Gasteiger partial charge in [-0.1, -0.05) is 44.1 Å². The Bertz CT molecular complexity index is 306. The fraction of sp³-hybridized carbons (Fsp3) is 0.733. The average molecular weight is 204 g/mol. The molecule has 0 fully saturated rings. The molecule has 0 aromatic heterocycles. The SMILES string of the molecule is CC1=CCC[C@]2(C)CC=C(C(C)C)C[C@@H]12. The molecule has 0 heteroatoms. The van der Waals surface area contributed by atoms with E-state index in [2.05, 4.69) is 39.8 Å². The highest BCUT2D eigenvalue weighted by Gasteiger charge is 2.39. The van der Waals surface area contributed by atoms with Crippen molar-refractivity contribution in [1.29, 1.82) is 0 Å². The van der Waals surface area contributed by atoms with E-state index in [0.29, 0.717) is 5.41 Å². The second kappa shape index (κ2) is 3.81. The molecule has 0 N–H and O–H groups in total. The lowest BCUT2D eigenvalue weighted by atomic mass is 9.60. The van der Waals surface area contributed by atoms with Gasteiger partial charge in [0.2, 0.25) is 0 Å². The monoisotopic (exact) mass is 204 g/mol. The van der Waals surface area contributed by atoms with Crippen LogP contribution in [0.15, 0.2) is 23.3 Å². The van der Waals surface area contributed by atoms with Crippen LogP contribution in [0, 0.1) is 17.3 Å². The van der Waals surface area contributed by atoms with Crippen molar-refractivity contribution in [3.8, 4) is 0 Å². The van der Waals surface area contributed by atoms with Crippen molar-refractivity contribution < 1.29 is 0 Å². The highest BCUT2D eigenvalue weighted by Crippen LogP contribution is 2.50. The molecular weight excluding hydrogens is 180 g/mol. The molecule has 0 heterocycles. The van der Waals surface area contributed by atoms with Gasteiger partial charge in [0.15, 0.2) is 0 Å². The Kier molecular flexibility index (Phi) is 2.79. The van der Waals surface area contributed by atoms with Gasteiger partial charge in [-0.2, -0.15) is 0 Å². The number of hydrogen-bond donors (Lipinski definition) is 0. The normalized spacial score (nSPS) is 35.9. The molecule has 2 aliphatic rings. The summed E-state index contributed by atoms with van der Waals surface area (Å²) in [5.41, 5.74) is 3.90. The second-order valence-corrected chi connectivity index (χ2v) is 6.04. The lowest BCUT2D eigenvalue weighted by Crippen LogP contribution is -2.34. The third kappa shape index (κ3) is 1.91. The molecule has 0 aromatic carbocycles. The maximum absolute atomic E-state index is 2.53. The Morgan fingerprint density at radius 1 is 1.33 bits per heavy atom. The van der Waals surface area contributed by atoms with E-state index in [4.69, 9.17) is 0 Å². The van der Waals surface area contributed by atoms with Gasteiger partial charge in [-0.05, 0) is 49.9 Å². The van der Waals surface area contributed by atoms with Crippen LogP contribution in [0.1, 0.15) is 53.4 Å². The van der Waals surface area contributed by atoms with Crippen LogP contribution in [0.3, 0.4) is 0 Å². The molecule has 0 aliphatic heterocycles. The van der Waals surface area contributed by atoms with Gasteiger partial charge in [0, 0.05) is 0 Å². The minimum atomic E-state index is 0.567. The zero-order chi connectivity index (χ0) is 11.1. The molecule has 0 unspecified atom stereocenters. The van der Waals surface area contributed by atoms with Crippen LogP contribution >= 0.6 is 0 Å². The lowest BCUT2D eigenvalue weighted by molar-refractivity contribution is 0.173. The van der Waals surface area contributed by atoms with E-state index >= 15 is 0 Å². The van der Waals surface area contributed by atoms with E-state index in [1.54, 1.807) is 11.1 Å². The first kappa shape index (κ1) is 11.0. The molecule has 0 amide bonds. The molecule has 2 aliphatic carbocycles. The summed E-state index contributed by atoms with van der Waals surface area (Å²) in [4.78, 5) is 0. The summed E-state index contributed by atoms with van der Waals surface area (Å²) in [5.74, 6) is 1.57. The van der Waals surface area contributed by atoms with Crippen molar-refractivity contribution in [3.63, 3.8) is 0 Å². The molecule has 0 nitrogen and oxygen atoms in total. The van der Waals surface area contributed by atoms with Gasteiger partial charge in [-0.3, -0.25) is 0 Å². The molecule has 0 spiro atoms. The Labute approximate surface area is 94.5 Å². The van der Waals surface area contributed by atoms with Gasteiger partial charge >= 0.3 is 0 Å². The van der Waals surface area contributed by atoms with Crippen molar-refractivity contribution >= 4 is 0 Å². The van der Waals surface area contributed by atoms with E-state index in [1.807, 2.05) is 0 Å². The maximum Gasteiger partial charge on any atom is -0.0112 e. The van der Waals surface area contributed by atoms with Crippen molar-refractivity contribution in [2.24, 2.45) is 17.3 Å². The van der Waals surface area contributed by atoms with Gasteiger partial charge in [-0.25, -0.2) is 0 Å². The first-order valence-electron chi connectivity index (χ1n) is 6.38. The quantitative estimate of drug-likeness (QED) is 0.542. The van der Waals surface area contributed by atoms with Crippen LogP contribution in [0.5, 0.6) is 0 Å². The zero-order valence-corrected chi connectivity index (χ0v) is 10.6. The summed E-state index contributed by atoms with van der Waals surface area (Å²) in [6.45, 7) is 9.49. The number of fused-ring (bicyclic) bond motifs is 1. The average Bonchev–Trinajstić information content (AvgIpc) is 2.17. The van der Waals surface area contributed by atoms with Crippen LogP contribution in [0.4, 0.5) is 0 Å². The third-order valence-electron chi connectivity index (χ3n) is 4.58. The van der Waals surface area contributed by atoms with Gasteiger partial charge in [-0.15, -0.1) is 0 Å². The Morgan fingerprint density at radius 2 is 2.07 bits per heavy atom. The van der Waals surface area contributed by atoms with E-state index in [9.17, 15) is 0 Å². The van der Waals surface area contributed by atoms with Gasteiger partial charge in [0.1, 0.15) is 0 Å².